The second-order valence-electron chi connectivity index (χ2n) is 5.02. The fraction of sp³-hybridized carbons (Fsp3) is 0.235. The van der Waals surface area contributed by atoms with Crippen molar-refractivity contribution in [1.82, 2.24) is 4.90 Å². The first-order valence-corrected chi connectivity index (χ1v) is 6.83. The third-order valence-electron chi connectivity index (χ3n) is 3.76. The Balaban J connectivity index is 1.78. The van der Waals surface area contributed by atoms with Gasteiger partial charge in [-0.25, -0.2) is 4.79 Å². The third kappa shape index (κ3) is 2.39. The van der Waals surface area contributed by atoms with Crippen molar-refractivity contribution in [3.05, 3.63) is 71.8 Å². The van der Waals surface area contributed by atoms with Gasteiger partial charge in [0, 0.05) is 0 Å². The summed E-state index contributed by atoms with van der Waals surface area (Å²) in [6.07, 6.45) is -0.412. The van der Waals surface area contributed by atoms with Crippen LogP contribution in [0.3, 0.4) is 0 Å². The standard InChI is InChI=1S/C17H17NO2/c1-13(14-8-4-2-5-9-14)18-12-16(20-17(18)19)15-10-6-3-7-11-15/h2-11,13,16H,12H2,1H3. The minimum absolute atomic E-state index is 0.0254. The second-order valence-corrected chi connectivity index (χ2v) is 5.02. The Morgan fingerprint density at radius 3 is 2.30 bits per heavy atom. The third-order valence-corrected chi connectivity index (χ3v) is 3.76. The number of benzene rings is 2. The predicted octanol–water partition coefficient (Wildman–Crippen LogP) is 3.94. The van der Waals surface area contributed by atoms with Gasteiger partial charge in [0.1, 0.15) is 6.10 Å². The fourth-order valence-corrected chi connectivity index (χ4v) is 2.55. The molecule has 0 aliphatic carbocycles. The number of ether oxygens (including phenoxy) is 1. The van der Waals surface area contributed by atoms with E-state index in [1.165, 1.54) is 0 Å². The van der Waals surface area contributed by atoms with Gasteiger partial charge in [0.05, 0.1) is 12.6 Å². The van der Waals surface area contributed by atoms with Gasteiger partial charge in [-0.1, -0.05) is 60.7 Å². The molecular formula is C17H17NO2. The fourth-order valence-electron chi connectivity index (χ4n) is 2.55. The number of nitrogens with zero attached hydrogens (tertiary/aromatic N) is 1. The van der Waals surface area contributed by atoms with Gasteiger partial charge in [-0.2, -0.15) is 0 Å². The molecule has 0 aromatic heterocycles. The highest BCUT2D eigenvalue weighted by molar-refractivity contribution is 5.71. The molecule has 0 N–H and O–H groups in total. The van der Waals surface area contributed by atoms with Gasteiger partial charge in [0.25, 0.3) is 0 Å². The van der Waals surface area contributed by atoms with Crippen molar-refractivity contribution in [2.45, 2.75) is 19.1 Å². The van der Waals surface area contributed by atoms with E-state index in [0.29, 0.717) is 6.54 Å². The van der Waals surface area contributed by atoms with E-state index >= 15 is 0 Å². The maximum atomic E-state index is 12.1. The van der Waals surface area contributed by atoms with Crippen LogP contribution in [0.2, 0.25) is 0 Å². The molecule has 0 radical (unpaired) electrons. The molecule has 20 heavy (non-hydrogen) atoms. The van der Waals surface area contributed by atoms with Gasteiger partial charge in [0.2, 0.25) is 0 Å². The van der Waals surface area contributed by atoms with Gasteiger partial charge < -0.3 is 4.74 Å². The number of hydrogen-bond acceptors (Lipinski definition) is 2. The van der Waals surface area contributed by atoms with Crippen molar-refractivity contribution in [1.29, 1.82) is 0 Å². The lowest BCUT2D eigenvalue weighted by atomic mass is 10.1. The van der Waals surface area contributed by atoms with Crippen molar-refractivity contribution in [3.8, 4) is 0 Å². The van der Waals surface area contributed by atoms with Gasteiger partial charge in [0.15, 0.2) is 0 Å². The Labute approximate surface area is 118 Å². The van der Waals surface area contributed by atoms with Crippen LogP contribution in [0.1, 0.15) is 30.2 Å². The number of carbonyl (C=O) groups excluding carboxylic acids is 1. The van der Waals surface area contributed by atoms with Crippen molar-refractivity contribution in [2.75, 3.05) is 6.54 Å². The van der Waals surface area contributed by atoms with Crippen LogP contribution >= 0.6 is 0 Å². The molecule has 102 valence electrons. The van der Waals surface area contributed by atoms with Crippen LogP contribution in [0.15, 0.2) is 60.7 Å². The molecule has 0 saturated carbocycles. The lowest BCUT2D eigenvalue weighted by Gasteiger charge is -2.22. The monoisotopic (exact) mass is 267 g/mol. The molecule has 2 aromatic rings. The number of carbonyl (C=O) groups is 1. The maximum absolute atomic E-state index is 12.1. The number of cyclic esters (lactones) is 1. The smallest absolute Gasteiger partial charge is 0.411 e. The highest BCUT2D eigenvalue weighted by atomic mass is 16.6. The SMILES string of the molecule is CC(c1ccccc1)N1CC(c2ccccc2)OC1=O. The summed E-state index contributed by atoms with van der Waals surface area (Å²) in [6.45, 7) is 2.63. The van der Waals surface area contributed by atoms with Crippen LogP contribution < -0.4 is 0 Å². The quantitative estimate of drug-likeness (QED) is 0.843. The second kappa shape index (κ2) is 5.37. The van der Waals surface area contributed by atoms with Crippen molar-refractivity contribution in [2.24, 2.45) is 0 Å². The van der Waals surface area contributed by atoms with Crippen LogP contribution in [0.4, 0.5) is 4.79 Å². The Morgan fingerprint density at radius 2 is 1.65 bits per heavy atom. The molecule has 1 saturated heterocycles. The molecule has 1 fully saturated rings. The van der Waals surface area contributed by atoms with E-state index in [0.717, 1.165) is 11.1 Å². The minimum atomic E-state index is -0.241. The first-order chi connectivity index (χ1) is 9.75. The lowest BCUT2D eigenvalue weighted by molar-refractivity contribution is 0.129. The molecule has 3 nitrogen and oxygen atoms in total. The molecule has 1 aliphatic rings. The number of hydrogen-bond donors (Lipinski definition) is 0. The van der Waals surface area contributed by atoms with E-state index < -0.39 is 0 Å². The summed E-state index contributed by atoms with van der Waals surface area (Å²) in [7, 11) is 0. The molecule has 3 rings (SSSR count). The first kappa shape index (κ1) is 12.7. The Hall–Kier alpha value is -2.29. The van der Waals surface area contributed by atoms with Crippen molar-refractivity contribution in [3.63, 3.8) is 0 Å². The van der Waals surface area contributed by atoms with E-state index in [1.54, 1.807) is 4.90 Å². The summed E-state index contributed by atoms with van der Waals surface area (Å²) in [5, 5.41) is 0. The Bertz CT molecular complexity index is 582. The summed E-state index contributed by atoms with van der Waals surface area (Å²) >= 11 is 0. The van der Waals surface area contributed by atoms with E-state index in [1.807, 2.05) is 67.6 Å². The van der Waals surface area contributed by atoms with Crippen LogP contribution in [0.25, 0.3) is 0 Å². The highest BCUT2D eigenvalue weighted by Crippen LogP contribution is 2.32. The molecule has 2 unspecified atom stereocenters. The summed E-state index contributed by atoms with van der Waals surface area (Å²) in [4.78, 5) is 13.9. The average molecular weight is 267 g/mol. The molecule has 0 bridgehead atoms. The molecular weight excluding hydrogens is 250 g/mol. The molecule has 1 heterocycles. The average Bonchev–Trinajstić information content (AvgIpc) is 2.90. The lowest BCUT2D eigenvalue weighted by Crippen LogP contribution is -2.27. The van der Waals surface area contributed by atoms with Gasteiger partial charge in [-0.15, -0.1) is 0 Å². The Morgan fingerprint density at radius 1 is 1.05 bits per heavy atom. The van der Waals surface area contributed by atoms with E-state index in [9.17, 15) is 4.79 Å². The van der Waals surface area contributed by atoms with Gasteiger partial charge in [-0.3, -0.25) is 4.90 Å². The van der Waals surface area contributed by atoms with Crippen molar-refractivity contribution >= 4 is 6.09 Å². The largest absolute Gasteiger partial charge is 0.439 e. The minimum Gasteiger partial charge on any atom is -0.439 e. The molecule has 3 heteroatoms. The highest BCUT2D eigenvalue weighted by Gasteiger charge is 2.35. The zero-order valence-electron chi connectivity index (χ0n) is 11.4. The molecule has 1 amide bonds. The number of rotatable bonds is 3. The topological polar surface area (TPSA) is 29.5 Å². The molecule has 0 spiro atoms. The Kier molecular flexibility index (Phi) is 3.42. The van der Waals surface area contributed by atoms with Crippen LogP contribution in [0.5, 0.6) is 0 Å². The molecule has 2 aromatic carbocycles. The van der Waals surface area contributed by atoms with E-state index in [4.69, 9.17) is 4.74 Å². The summed E-state index contributed by atoms with van der Waals surface area (Å²) in [5.74, 6) is 0. The number of amides is 1. The summed E-state index contributed by atoms with van der Waals surface area (Å²) in [6, 6.07) is 19.9. The zero-order chi connectivity index (χ0) is 13.9. The van der Waals surface area contributed by atoms with Crippen LogP contribution in [-0.2, 0) is 4.74 Å². The van der Waals surface area contributed by atoms with Gasteiger partial charge >= 0.3 is 6.09 Å². The van der Waals surface area contributed by atoms with Gasteiger partial charge in [-0.05, 0) is 18.1 Å². The normalized spacial score (nSPS) is 19.8. The van der Waals surface area contributed by atoms with E-state index in [-0.39, 0.29) is 18.2 Å². The molecule has 2 atom stereocenters. The van der Waals surface area contributed by atoms with Crippen LogP contribution in [-0.4, -0.2) is 17.5 Å². The first-order valence-electron chi connectivity index (χ1n) is 6.83. The summed E-state index contributed by atoms with van der Waals surface area (Å²) < 4.78 is 5.49. The predicted molar refractivity (Wildman–Crippen MR) is 77.2 cm³/mol. The zero-order valence-corrected chi connectivity index (χ0v) is 11.4. The van der Waals surface area contributed by atoms with E-state index in [2.05, 4.69) is 0 Å². The maximum Gasteiger partial charge on any atom is 0.411 e. The summed E-state index contributed by atoms with van der Waals surface area (Å²) in [5.41, 5.74) is 2.17. The van der Waals surface area contributed by atoms with Crippen molar-refractivity contribution < 1.29 is 9.53 Å². The van der Waals surface area contributed by atoms with Crippen LogP contribution in [0, 0.1) is 0 Å². The molecule has 1 aliphatic heterocycles.